The van der Waals surface area contributed by atoms with Gasteiger partial charge in [-0.25, -0.2) is 12.4 Å². The molecule has 0 aliphatic rings. The highest BCUT2D eigenvalue weighted by molar-refractivity contribution is 7.90. The van der Waals surface area contributed by atoms with E-state index in [9.17, 15) is 13.5 Å². The topological polar surface area (TPSA) is 59.3 Å². The zero-order chi connectivity index (χ0) is 15.2. The van der Waals surface area contributed by atoms with Gasteiger partial charge in [0.25, 0.3) is 10.0 Å². The van der Waals surface area contributed by atoms with E-state index in [0.717, 1.165) is 3.97 Å². The number of rotatable bonds is 2. The standard InChI is InChI=1S/C14H9Cl2NO3S/c15-10-1-4-14(12(16)8-10)21(19,20)17-6-5-9-7-11(18)2-3-13(9)17/h1-8,18H. The van der Waals surface area contributed by atoms with Crippen LogP contribution in [-0.4, -0.2) is 17.5 Å². The molecule has 0 saturated carbocycles. The second kappa shape index (κ2) is 4.94. The number of aromatic hydroxyl groups is 1. The molecule has 4 nitrogen and oxygen atoms in total. The molecule has 3 aromatic rings. The number of fused-ring (bicyclic) bond motifs is 1. The molecule has 3 rings (SSSR count). The monoisotopic (exact) mass is 341 g/mol. The van der Waals surface area contributed by atoms with E-state index in [-0.39, 0.29) is 15.7 Å². The van der Waals surface area contributed by atoms with Gasteiger partial charge in [0.05, 0.1) is 10.5 Å². The lowest BCUT2D eigenvalue weighted by Crippen LogP contribution is -2.12. The summed E-state index contributed by atoms with van der Waals surface area (Å²) in [5.74, 6) is 0.0715. The van der Waals surface area contributed by atoms with Crippen molar-refractivity contribution in [3.63, 3.8) is 0 Å². The Kier molecular flexibility index (Phi) is 3.36. The van der Waals surface area contributed by atoms with Crippen LogP contribution in [-0.2, 0) is 10.0 Å². The first-order valence-corrected chi connectivity index (χ1v) is 8.10. The normalized spacial score (nSPS) is 11.9. The van der Waals surface area contributed by atoms with Crippen LogP contribution in [0.3, 0.4) is 0 Å². The fourth-order valence-electron chi connectivity index (χ4n) is 2.10. The maximum absolute atomic E-state index is 12.7. The summed E-state index contributed by atoms with van der Waals surface area (Å²) in [6.07, 6.45) is 1.42. The first-order chi connectivity index (χ1) is 9.89. The van der Waals surface area contributed by atoms with E-state index in [1.807, 2.05) is 0 Å². The van der Waals surface area contributed by atoms with Crippen molar-refractivity contribution in [2.75, 3.05) is 0 Å². The minimum absolute atomic E-state index is 0.0286. The lowest BCUT2D eigenvalue weighted by Gasteiger charge is -2.09. The molecular weight excluding hydrogens is 333 g/mol. The molecule has 0 saturated heterocycles. The zero-order valence-corrected chi connectivity index (χ0v) is 12.8. The summed E-state index contributed by atoms with van der Waals surface area (Å²) < 4.78 is 26.5. The van der Waals surface area contributed by atoms with E-state index in [0.29, 0.717) is 15.9 Å². The van der Waals surface area contributed by atoms with Gasteiger partial charge >= 0.3 is 0 Å². The third-order valence-electron chi connectivity index (χ3n) is 3.07. The molecule has 0 amide bonds. The van der Waals surface area contributed by atoms with E-state index in [2.05, 4.69) is 0 Å². The van der Waals surface area contributed by atoms with E-state index in [4.69, 9.17) is 23.2 Å². The Labute approximate surface area is 131 Å². The second-order valence-electron chi connectivity index (χ2n) is 4.43. The second-order valence-corrected chi connectivity index (χ2v) is 7.06. The predicted octanol–water partition coefficient (Wildman–Crippen LogP) is 3.89. The Morgan fingerprint density at radius 1 is 1.00 bits per heavy atom. The van der Waals surface area contributed by atoms with Crippen LogP contribution in [0.5, 0.6) is 5.75 Å². The van der Waals surface area contributed by atoms with Crippen LogP contribution >= 0.6 is 23.2 Å². The Morgan fingerprint density at radius 3 is 2.48 bits per heavy atom. The van der Waals surface area contributed by atoms with Gasteiger partial charge in [0.2, 0.25) is 0 Å². The molecule has 0 spiro atoms. The quantitative estimate of drug-likeness (QED) is 0.769. The highest BCUT2D eigenvalue weighted by Gasteiger charge is 2.22. The van der Waals surface area contributed by atoms with Crippen LogP contribution in [0.2, 0.25) is 10.0 Å². The van der Waals surface area contributed by atoms with Crippen LogP contribution in [0, 0.1) is 0 Å². The summed E-state index contributed by atoms with van der Waals surface area (Å²) in [7, 11) is -3.84. The van der Waals surface area contributed by atoms with Crippen LogP contribution in [0.1, 0.15) is 0 Å². The molecule has 0 atom stereocenters. The molecule has 1 N–H and O–H groups in total. The fourth-order valence-corrected chi connectivity index (χ4v) is 4.21. The summed E-state index contributed by atoms with van der Waals surface area (Å²) in [5.41, 5.74) is 0.457. The number of phenolic OH excluding ortho intramolecular Hbond substituents is 1. The highest BCUT2D eigenvalue weighted by Crippen LogP contribution is 2.30. The van der Waals surface area contributed by atoms with Crippen molar-refractivity contribution < 1.29 is 13.5 Å². The molecule has 1 aromatic heterocycles. The van der Waals surface area contributed by atoms with Gasteiger partial charge in [-0.15, -0.1) is 0 Å². The average molecular weight is 342 g/mol. The number of hydrogen-bond acceptors (Lipinski definition) is 3. The number of benzene rings is 2. The first-order valence-electron chi connectivity index (χ1n) is 5.90. The van der Waals surface area contributed by atoms with E-state index < -0.39 is 10.0 Å². The number of phenols is 1. The minimum Gasteiger partial charge on any atom is -0.508 e. The maximum Gasteiger partial charge on any atom is 0.269 e. The third kappa shape index (κ3) is 2.37. The third-order valence-corrected chi connectivity index (χ3v) is 5.48. The SMILES string of the molecule is O=S(=O)(c1ccc(Cl)cc1Cl)n1ccc2cc(O)ccc21. The molecule has 0 radical (unpaired) electrons. The van der Waals surface area contributed by atoms with Gasteiger partial charge < -0.3 is 5.11 Å². The van der Waals surface area contributed by atoms with E-state index in [1.165, 1.54) is 42.6 Å². The predicted molar refractivity (Wildman–Crippen MR) is 82.6 cm³/mol. The summed E-state index contributed by atoms with van der Waals surface area (Å²) in [5, 5.41) is 10.5. The summed E-state index contributed by atoms with van der Waals surface area (Å²) in [6.45, 7) is 0. The zero-order valence-electron chi connectivity index (χ0n) is 10.5. The summed E-state index contributed by atoms with van der Waals surface area (Å²) in [4.78, 5) is -0.0286. The lowest BCUT2D eigenvalue weighted by molar-refractivity contribution is 0.476. The largest absolute Gasteiger partial charge is 0.508 e. The van der Waals surface area contributed by atoms with Gasteiger partial charge in [-0.05, 0) is 42.5 Å². The lowest BCUT2D eigenvalue weighted by atomic mass is 10.2. The van der Waals surface area contributed by atoms with Crippen LogP contribution in [0.4, 0.5) is 0 Å². The van der Waals surface area contributed by atoms with Gasteiger partial charge in [0, 0.05) is 16.6 Å². The summed E-state index contributed by atoms with van der Waals surface area (Å²) in [6, 6.07) is 10.3. The van der Waals surface area contributed by atoms with Gasteiger partial charge in [0.1, 0.15) is 10.6 Å². The van der Waals surface area contributed by atoms with Gasteiger partial charge in [-0.1, -0.05) is 23.2 Å². The van der Waals surface area contributed by atoms with Crippen molar-refractivity contribution in [2.24, 2.45) is 0 Å². The maximum atomic E-state index is 12.7. The highest BCUT2D eigenvalue weighted by atomic mass is 35.5. The Balaban J connectivity index is 2.25. The molecule has 7 heteroatoms. The summed E-state index contributed by atoms with van der Waals surface area (Å²) >= 11 is 11.8. The number of hydrogen-bond donors (Lipinski definition) is 1. The molecule has 0 bridgehead atoms. The van der Waals surface area contributed by atoms with Gasteiger partial charge in [-0.3, -0.25) is 0 Å². The van der Waals surface area contributed by atoms with Crippen molar-refractivity contribution in [2.45, 2.75) is 4.90 Å². The molecule has 0 unspecified atom stereocenters. The van der Waals surface area contributed by atoms with Crippen LogP contribution in [0.15, 0.2) is 53.6 Å². The number of nitrogens with zero attached hydrogens (tertiary/aromatic N) is 1. The van der Waals surface area contributed by atoms with Crippen molar-refractivity contribution >= 4 is 44.1 Å². The molecule has 0 aliphatic carbocycles. The molecule has 108 valence electrons. The van der Waals surface area contributed by atoms with E-state index >= 15 is 0 Å². The van der Waals surface area contributed by atoms with Crippen molar-refractivity contribution in [3.8, 4) is 5.75 Å². The molecule has 1 heterocycles. The Bertz CT molecular complexity index is 948. The minimum atomic E-state index is -3.84. The van der Waals surface area contributed by atoms with Gasteiger partial charge in [-0.2, -0.15) is 0 Å². The molecular formula is C14H9Cl2NO3S. The molecule has 21 heavy (non-hydrogen) atoms. The average Bonchev–Trinajstić information content (AvgIpc) is 2.81. The van der Waals surface area contributed by atoms with Crippen molar-refractivity contribution in [1.82, 2.24) is 3.97 Å². The van der Waals surface area contributed by atoms with Crippen LogP contribution in [0.25, 0.3) is 10.9 Å². The molecule has 0 aliphatic heterocycles. The first kappa shape index (κ1) is 14.3. The Morgan fingerprint density at radius 2 is 1.76 bits per heavy atom. The Hall–Kier alpha value is -1.69. The fraction of sp³-hybridized carbons (Fsp3) is 0. The molecule has 0 fully saturated rings. The number of aromatic nitrogens is 1. The smallest absolute Gasteiger partial charge is 0.269 e. The van der Waals surface area contributed by atoms with Crippen molar-refractivity contribution in [1.29, 1.82) is 0 Å². The number of halogens is 2. The van der Waals surface area contributed by atoms with Gasteiger partial charge in [0.15, 0.2) is 0 Å². The van der Waals surface area contributed by atoms with Crippen LogP contribution < -0.4 is 0 Å². The molecule has 2 aromatic carbocycles. The van der Waals surface area contributed by atoms with E-state index in [1.54, 1.807) is 6.07 Å². The van der Waals surface area contributed by atoms with Crippen molar-refractivity contribution in [3.05, 3.63) is 58.7 Å².